The Hall–Kier alpha value is 1.56. The van der Waals surface area contributed by atoms with Crippen LogP contribution >= 0.6 is 96.0 Å². The maximum Gasteiger partial charge on any atom is 0.236 e. The van der Waals surface area contributed by atoms with Crippen molar-refractivity contribution >= 4 is 96.0 Å². The second-order valence-corrected chi connectivity index (χ2v) is 11.7. The molecule has 0 aromatic heterocycles. The van der Waals surface area contributed by atoms with Crippen molar-refractivity contribution in [2.45, 2.75) is 6.96 Å². The Balaban J connectivity index is 1.94. The lowest BCUT2D eigenvalue weighted by Gasteiger charge is -2.37. The molecule has 0 spiro atoms. The van der Waals surface area contributed by atoms with Gasteiger partial charge in [0.25, 0.3) is 0 Å². The molecule has 0 fully saturated rings. The van der Waals surface area contributed by atoms with E-state index < -0.39 is 6.96 Å². The number of alkyl halides is 4. The summed E-state index contributed by atoms with van der Waals surface area (Å²) in [5, 5.41) is 0. The van der Waals surface area contributed by atoms with E-state index in [9.17, 15) is 0 Å². The molecule has 4 nitrogen and oxygen atoms in total. The molecule has 0 aromatic rings. The van der Waals surface area contributed by atoms with Crippen LogP contribution in [0.5, 0.6) is 0 Å². The maximum atomic E-state index is 3.60. The van der Waals surface area contributed by atoms with E-state index in [1.54, 1.807) is 0 Å². The van der Waals surface area contributed by atoms with E-state index in [0.29, 0.717) is 0 Å². The minimum atomic E-state index is -0.418. The molecule has 2 rings (SSSR count). The summed E-state index contributed by atoms with van der Waals surface area (Å²) in [7, 11) is 0. The van der Waals surface area contributed by atoms with Gasteiger partial charge < -0.3 is 9.80 Å². The zero-order valence-corrected chi connectivity index (χ0v) is 18.3. The monoisotopic (exact) mass is 634 g/mol. The molecule has 2 heterocycles. The van der Waals surface area contributed by atoms with Gasteiger partial charge in [0.1, 0.15) is 0 Å². The van der Waals surface area contributed by atoms with Crippen LogP contribution in [0.15, 0.2) is 24.8 Å². The number of halogens is 6. The van der Waals surface area contributed by atoms with Gasteiger partial charge in [0.2, 0.25) is 6.96 Å². The first-order chi connectivity index (χ1) is 8.26. The van der Waals surface area contributed by atoms with Gasteiger partial charge in [-0.05, 0) is 63.7 Å². The highest BCUT2D eigenvalue weighted by Crippen LogP contribution is 2.43. The molecule has 0 bridgehead atoms. The first kappa shape index (κ1) is 15.9. The van der Waals surface area contributed by atoms with Gasteiger partial charge in [0.15, 0.2) is 0 Å². The van der Waals surface area contributed by atoms with Crippen molar-refractivity contribution in [2.75, 3.05) is 13.1 Å². The van der Waals surface area contributed by atoms with Crippen LogP contribution in [0.4, 0.5) is 0 Å². The topological polar surface area (TPSA) is 13.0 Å². The van der Waals surface area contributed by atoms with Crippen molar-refractivity contribution in [1.29, 1.82) is 0 Å². The minimum Gasteiger partial charge on any atom is -0.333 e. The number of nitrogens with zero attached hydrogens (tertiary/aromatic N) is 4. The van der Waals surface area contributed by atoms with Crippen molar-refractivity contribution in [1.82, 2.24) is 17.7 Å². The lowest BCUT2D eigenvalue weighted by atomic mass is 10.5. The molecule has 0 radical (unpaired) electrons. The van der Waals surface area contributed by atoms with Gasteiger partial charge >= 0.3 is 0 Å². The molecule has 0 atom stereocenters. The summed E-state index contributed by atoms with van der Waals surface area (Å²) in [4.78, 5) is 4.26. The Morgan fingerprint density at radius 3 is 1.22 bits per heavy atom. The molecule has 0 aromatic carbocycles. The minimum absolute atomic E-state index is 0.418. The van der Waals surface area contributed by atoms with E-state index in [1.807, 2.05) is 32.7 Å². The van der Waals surface area contributed by atoms with Gasteiger partial charge in [-0.3, -0.25) is 7.85 Å². The third kappa shape index (κ3) is 2.93. The van der Waals surface area contributed by atoms with Crippen LogP contribution in [0.25, 0.3) is 0 Å². The third-order valence-electron chi connectivity index (χ3n) is 2.54. The van der Waals surface area contributed by atoms with E-state index >= 15 is 0 Å². The molecular formula is C8H8Br6N4. The zero-order valence-electron chi connectivity index (χ0n) is 8.78. The molecule has 0 amide bonds. The van der Waals surface area contributed by atoms with E-state index in [1.165, 1.54) is 0 Å². The smallest absolute Gasteiger partial charge is 0.236 e. The van der Waals surface area contributed by atoms with Crippen LogP contribution in [0, 0.1) is 0 Å². The van der Waals surface area contributed by atoms with Crippen molar-refractivity contribution in [2.24, 2.45) is 0 Å². The summed E-state index contributed by atoms with van der Waals surface area (Å²) in [5.41, 5.74) is 0. The zero-order chi connectivity index (χ0) is 13.6. The molecule has 0 N–H and O–H groups in total. The third-order valence-corrected chi connectivity index (χ3v) is 9.30. The van der Waals surface area contributed by atoms with Gasteiger partial charge in [-0.15, -0.1) is 0 Å². The summed E-state index contributed by atoms with van der Waals surface area (Å²) in [6.45, 7) is 1.67. The Bertz CT molecular complexity index is 348. The van der Waals surface area contributed by atoms with Crippen molar-refractivity contribution in [3.05, 3.63) is 24.8 Å². The van der Waals surface area contributed by atoms with Crippen LogP contribution in [0.1, 0.15) is 0 Å². The lowest BCUT2D eigenvalue weighted by molar-refractivity contribution is 0.233. The summed E-state index contributed by atoms with van der Waals surface area (Å²) < 4.78 is 2.90. The molecule has 0 saturated heterocycles. The molecule has 18 heavy (non-hydrogen) atoms. The maximum absolute atomic E-state index is 3.60. The fourth-order valence-electron chi connectivity index (χ4n) is 1.52. The van der Waals surface area contributed by atoms with Crippen LogP contribution in [-0.2, 0) is 0 Å². The number of hydrogen-bond donors (Lipinski definition) is 0. The molecule has 0 unspecified atom stereocenters. The Kier molecular flexibility index (Phi) is 5.09. The highest BCUT2D eigenvalue weighted by molar-refractivity contribution is 9.26. The first-order valence-corrected chi connectivity index (χ1v) is 9.41. The second-order valence-electron chi connectivity index (χ2n) is 3.62. The molecule has 2 aliphatic heterocycles. The number of rotatable bonds is 3. The SMILES string of the molecule is BrN1C=CN(CCN2C=CN(Br)C2(Br)Br)C1(Br)Br. The van der Waals surface area contributed by atoms with Gasteiger partial charge in [0.05, 0.1) is 32.3 Å². The standard InChI is InChI=1S/C8H8Br6N4/c9-7(10)15(3-5-17(7)13)1-2-16-4-6-18(14)8(16,11)12/h3-6H,1-2H2. The number of hydrogen-bond acceptors (Lipinski definition) is 4. The summed E-state index contributed by atoms with van der Waals surface area (Å²) >= 11 is 21.3. The molecular weight excluding hydrogens is 632 g/mol. The van der Waals surface area contributed by atoms with E-state index in [4.69, 9.17) is 0 Å². The van der Waals surface area contributed by atoms with Crippen LogP contribution in [0.2, 0.25) is 0 Å². The van der Waals surface area contributed by atoms with Crippen LogP contribution in [0.3, 0.4) is 0 Å². The summed E-state index contributed by atoms with van der Waals surface area (Å²) in [6.07, 6.45) is 7.90. The Morgan fingerprint density at radius 1 is 0.667 bits per heavy atom. The predicted molar refractivity (Wildman–Crippen MR) is 94.4 cm³/mol. The van der Waals surface area contributed by atoms with Crippen LogP contribution in [-0.4, -0.2) is 37.7 Å². The predicted octanol–water partition coefficient (Wildman–Crippen LogP) is 4.59. The van der Waals surface area contributed by atoms with Gasteiger partial charge in [-0.25, -0.2) is 0 Å². The van der Waals surface area contributed by atoms with E-state index in [-0.39, 0.29) is 0 Å². The molecule has 0 aliphatic carbocycles. The quantitative estimate of drug-likeness (QED) is 0.255. The lowest BCUT2D eigenvalue weighted by Crippen LogP contribution is -2.45. The Morgan fingerprint density at radius 2 is 1.00 bits per heavy atom. The van der Waals surface area contributed by atoms with Crippen molar-refractivity contribution in [3.63, 3.8) is 0 Å². The summed E-state index contributed by atoms with van der Waals surface area (Å²) in [5.74, 6) is 0. The van der Waals surface area contributed by atoms with Gasteiger partial charge in [-0.2, -0.15) is 0 Å². The van der Waals surface area contributed by atoms with Crippen LogP contribution < -0.4 is 0 Å². The van der Waals surface area contributed by atoms with E-state index in [2.05, 4.69) is 106 Å². The molecule has 10 heteroatoms. The first-order valence-electron chi connectivity index (χ1n) is 4.82. The fourth-order valence-corrected chi connectivity index (χ4v) is 3.79. The molecule has 102 valence electrons. The largest absolute Gasteiger partial charge is 0.333 e. The molecule has 2 aliphatic rings. The second kappa shape index (κ2) is 5.75. The van der Waals surface area contributed by atoms with Gasteiger partial charge in [0, 0.05) is 37.9 Å². The van der Waals surface area contributed by atoms with E-state index in [0.717, 1.165) is 13.1 Å². The highest BCUT2D eigenvalue weighted by atomic mass is 79.9. The average Bonchev–Trinajstić information content (AvgIpc) is 2.67. The average molecular weight is 640 g/mol. The van der Waals surface area contributed by atoms with Crippen molar-refractivity contribution < 1.29 is 0 Å². The summed E-state index contributed by atoms with van der Waals surface area (Å²) in [6, 6.07) is 0. The Labute approximate surface area is 157 Å². The fraction of sp³-hybridized carbons (Fsp3) is 0.500. The normalized spacial score (nSPS) is 24.6. The van der Waals surface area contributed by atoms with Crippen molar-refractivity contribution in [3.8, 4) is 0 Å². The van der Waals surface area contributed by atoms with Gasteiger partial charge in [-0.1, -0.05) is 0 Å². The molecule has 0 saturated carbocycles. The highest BCUT2D eigenvalue weighted by Gasteiger charge is 2.41.